The first-order valence-electron chi connectivity index (χ1n) is 6.95. The number of nitrogens with zero attached hydrogens (tertiary/aromatic N) is 3. The maximum atomic E-state index is 11.5. The van der Waals surface area contributed by atoms with Crippen molar-refractivity contribution in [2.45, 2.75) is 18.8 Å². The first-order chi connectivity index (χ1) is 10.2. The zero-order valence-corrected chi connectivity index (χ0v) is 11.8. The standard InChI is InChI=1S/C15H17N3O3/c1-18-9-12(8-13(18)20)15-16-14(17-21-15)11-4-2-10(3-5-11)6-7-19/h2-5,12,19H,6-9H2,1H3. The van der Waals surface area contributed by atoms with E-state index >= 15 is 0 Å². The SMILES string of the molecule is CN1CC(c2nc(-c3ccc(CCO)cc3)no2)CC1=O. The zero-order chi connectivity index (χ0) is 14.8. The molecule has 0 saturated carbocycles. The molecule has 6 nitrogen and oxygen atoms in total. The van der Waals surface area contributed by atoms with Gasteiger partial charge in [0.15, 0.2) is 0 Å². The van der Waals surface area contributed by atoms with Crippen molar-refractivity contribution in [3.05, 3.63) is 35.7 Å². The van der Waals surface area contributed by atoms with Gasteiger partial charge < -0.3 is 14.5 Å². The topological polar surface area (TPSA) is 79.5 Å². The Kier molecular flexibility index (Phi) is 3.70. The normalized spacial score (nSPS) is 18.5. The second-order valence-electron chi connectivity index (χ2n) is 5.30. The molecule has 1 atom stereocenters. The lowest BCUT2D eigenvalue weighted by atomic mass is 10.1. The average Bonchev–Trinajstić information content (AvgIpc) is 3.08. The van der Waals surface area contributed by atoms with Gasteiger partial charge in [-0.2, -0.15) is 4.98 Å². The maximum absolute atomic E-state index is 11.5. The largest absolute Gasteiger partial charge is 0.396 e. The lowest BCUT2D eigenvalue weighted by Crippen LogP contribution is -2.18. The summed E-state index contributed by atoms with van der Waals surface area (Å²) in [6, 6.07) is 7.69. The third kappa shape index (κ3) is 2.80. The van der Waals surface area contributed by atoms with Crippen molar-refractivity contribution in [1.29, 1.82) is 0 Å². The van der Waals surface area contributed by atoms with Crippen LogP contribution >= 0.6 is 0 Å². The minimum Gasteiger partial charge on any atom is -0.396 e. The number of carbonyl (C=O) groups is 1. The second kappa shape index (κ2) is 5.65. The van der Waals surface area contributed by atoms with Crippen molar-refractivity contribution in [1.82, 2.24) is 15.0 Å². The number of carbonyl (C=O) groups excluding carboxylic acids is 1. The van der Waals surface area contributed by atoms with Crippen molar-refractivity contribution in [2.75, 3.05) is 20.2 Å². The highest BCUT2D eigenvalue weighted by molar-refractivity contribution is 5.79. The summed E-state index contributed by atoms with van der Waals surface area (Å²) in [4.78, 5) is 17.6. The molecule has 6 heteroatoms. The predicted octanol–water partition coefficient (Wildman–Crippen LogP) is 1.22. The first-order valence-corrected chi connectivity index (χ1v) is 6.95. The fourth-order valence-corrected chi connectivity index (χ4v) is 2.50. The van der Waals surface area contributed by atoms with Crippen LogP contribution in [-0.2, 0) is 11.2 Å². The zero-order valence-electron chi connectivity index (χ0n) is 11.8. The number of aliphatic hydroxyl groups is 1. The van der Waals surface area contributed by atoms with Gasteiger partial charge in [-0.3, -0.25) is 4.79 Å². The van der Waals surface area contributed by atoms with E-state index in [0.29, 0.717) is 31.1 Å². The van der Waals surface area contributed by atoms with E-state index in [9.17, 15) is 4.79 Å². The van der Waals surface area contributed by atoms with Gasteiger partial charge in [-0.25, -0.2) is 0 Å². The fraction of sp³-hybridized carbons (Fsp3) is 0.400. The molecular weight excluding hydrogens is 270 g/mol. The van der Waals surface area contributed by atoms with Gasteiger partial charge in [0.05, 0.1) is 5.92 Å². The summed E-state index contributed by atoms with van der Waals surface area (Å²) >= 11 is 0. The van der Waals surface area contributed by atoms with Crippen molar-refractivity contribution in [3.63, 3.8) is 0 Å². The molecule has 2 heterocycles. The lowest BCUT2D eigenvalue weighted by molar-refractivity contribution is -0.126. The van der Waals surface area contributed by atoms with Crippen molar-refractivity contribution in [3.8, 4) is 11.4 Å². The van der Waals surface area contributed by atoms with Crippen molar-refractivity contribution >= 4 is 5.91 Å². The van der Waals surface area contributed by atoms with Crippen LogP contribution in [-0.4, -0.2) is 46.3 Å². The van der Waals surface area contributed by atoms with Gasteiger partial charge in [0.2, 0.25) is 17.6 Å². The van der Waals surface area contributed by atoms with Crippen LogP contribution < -0.4 is 0 Å². The van der Waals surface area contributed by atoms with Crippen LogP contribution in [0.5, 0.6) is 0 Å². The summed E-state index contributed by atoms with van der Waals surface area (Å²) in [7, 11) is 1.78. The molecule has 1 aromatic heterocycles. The highest BCUT2D eigenvalue weighted by Crippen LogP contribution is 2.27. The molecule has 1 fully saturated rings. The molecule has 2 aromatic rings. The van der Waals surface area contributed by atoms with Gasteiger partial charge in [0.1, 0.15) is 0 Å². The van der Waals surface area contributed by atoms with Gasteiger partial charge in [0, 0.05) is 32.2 Å². The molecule has 1 aromatic carbocycles. The molecule has 1 N–H and O–H groups in total. The Labute approximate surface area is 122 Å². The van der Waals surface area contributed by atoms with Crippen molar-refractivity contribution < 1.29 is 14.4 Å². The maximum Gasteiger partial charge on any atom is 0.232 e. The summed E-state index contributed by atoms with van der Waals surface area (Å²) in [5.74, 6) is 1.13. The lowest BCUT2D eigenvalue weighted by Gasteiger charge is -2.05. The third-order valence-corrected chi connectivity index (χ3v) is 3.74. The summed E-state index contributed by atoms with van der Waals surface area (Å²) in [5.41, 5.74) is 1.93. The quantitative estimate of drug-likeness (QED) is 0.914. The van der Waals surface area contributed by atoms with Gasteiger partial charge in [0.25, 0.3) is 0 Å². The number of likely N-dealkylation sites (N-methyl/N-ethyl adjacent to an activating group) is 1. The number of aromatic nitrogens is 2. The van der Waals surface area contributed by atoms with Gasteiger partial charge in [-0.1, -0.05) is 29.4 Å². The molecule has 1 unspecified atom stereocenters. The number of aliphatic hydroxyl groups excluding tert-OH is 1. The van der Waals surface area contributed by atoms with Gasteiger partial charge in [-0.05, 0) is 12.0 Å². The molecule has 1 amide bonds. The molecule has 3 rings (SSSR count). The Balaban J connectivity index is 1.77. The summed E-state index contributed by atoms with van der Waals surface area (Å²) in [5, 5.41) is 12.9. The Morgan fingerprint density at radius 1 is 1.38 bits per heavy atom. The van der Waals surface area contributed by atoms with Crippen LogP contribution in [0.4, 0.5) is 0 Å². The van der Waals surface area contributed by atoms with Gasteiger partial charge in [-0.15, -0.1) is 0 Å². The number of benzene rings is 1. The Morgan fingerprint density at radius 2 is 2.14 bits per heavy atom. The minimum atomic E-state index is -0.0163. The number of rotatable bonds is 4. The van der Waals surface area contributed by atoms with Crippen LogP contribution in [0, 0.1) is 0 Å². The van der Waals surface area contributed by atoms with Gasteiger partial charge >= 0.3 is 0 Å². The molecule has 110 valence electrons. The molecular formula is C15H17N3O3. The van der Waals surface area contributed by atoms with E-state index in [1.54, 1.807) is 11.9 Å². The van der Waals surface area contributed by atoms with E-state index in [1.807, 2.05) is 24.3 Å². The van der Waals surface area contributed by atoms with E-state index in [0.717, 1.165) is 11.1 Å². The molecule has 0 radical (unpaired) electrons. The molecule has 0 aliphatic carbocycles. The summed E-state index contributed by atoms with van der Waals surface area (Å²) < 4.78 is 5.30. The first kappa shape index (κ1) is 13.8. The summed E-state index contributed by atoms with van der Waals surface area (Å²) in [6.45, 7) is 0.755. The molecule has 21 heavy (non-hydrogen) atoms. The Hall–Kier alpha value is -2.21. The van der Waals surface area contributed by atoms with E-state index in [4.69, 9.17) is 9.63 Å². The second-order valence-corrected chi connectivity index (χ2v) is 5.30. The highest BCUT2D eigenvalue weighted by Gasteiger charge is 2.32. The molecule has 0 spiro atoms. The minimum absolute atomic E-state index is 0.0163. The van der Waals surface area contributed by atoms with Crippen LogP contribution in [0.15, 0.2) is 28.8 Å². The number of amides is 1. The molecule has 1 aliphatic heterocycles. The predicted molar refractivity (Wildman–Crippen MR) is 75.5 cm³/mol. The smallest absolute Gasteiger partial charge is 0.232 e. The van der Waals surface area contributed by atoms with E-state index < -0.39 is 0 Å². The van der Waals surface area contributed by atoms with Crippen molar-refractivity contribution in [2.24, 2.45) is 0 Å². The van der Waals surface area contributed by atoms with Crippen LogP contribution in [0.3, 0.4) is 0 Å². The van der Waals surface area contributed by atoms with Crippen LogP contribution in [0.2, 0.25) is 0 Å². The third-order valence-electron chi connectivity index (χ3n) is 3.74. The van der Waals surface area contributed by atoms with Crippen LogP contribution in [0.25, 0.3) is 11.4 Å². The van der Waals surface area contributed by atoms with E-state index in [-0.39, 0.29) is 18.4 Å². The molecule has 0 bridgehead atoms. The highest BCUT2D eigenvalue weighted by atomic mass is 16.5. The van der Waals surface area contributed by atoms with Crippen LogP contribution in [0.1, 0.15) is 23.8 Å². The fourth-order valence-electron chi connectivity index (χ4n) is 2.50. The summed E-state index contributed by atoms with van der Waals surface area (Å²) in [6.07, 6.45) is 1.06. The Morgan fingerprint density at radius 3 is 2.76 bits per heavy atom. The number of hydrogen-bond donors (Lipinski definition) is 1. The number of likely N-dealkylation sites (tertiary alicyclic amines) is 1. The average molecular weight is 287 g/mol. The number of hydrogen-bond acceptors (Lipinski definition) is 5. The monoisotopic (exact) mass is 287 g/mol. The van der Waals surface area contributed by atoms with E-state index in [2.05, 4.69) is 10.1 Å². The molecule has 1 aliphatic rings. The molecule has 1 saturated heterocycles. The Bertz CT molecular complexity index is 636. The van der Waals surface area contributed by atoms with E-state index in [1.165, 1.54) is 0 Å².